The first kappa shape index (κ1) is 28.2. The average Bonchev–Trinajstić information content (AvgIpc) is 3.34. The Morgan fingerprint density at radius 1 is 1.00 bits per heavy atom. The van der Waals surface area contributed by atoms with Crippen LogP contribution in [-0.4, -0.2) is 58.3 Å². The molecule has 4 rings (SSSR count). The summed E-state index contributed by atoms with van der Waals surface area (Å²) in [5, 5.41) is 14.5. The molecule has 1 heterocycles. The molecule has 11 nitrogen and oxygen atoms in total. The van der Waals surface area contributed by atoms with E-state index in [1.807, 2.05) is 42.5 Å². The zero-order chi connectivity index (χ0) is 28.2. The van der Waals surface area contributed by atoms with Crippen LogP contribution >= 0.6 is 11.6 Å². The third-order valence-corrected chi connectivity index (χ3v) is 8.12. The van der Waals surface area contributed by atoms with Gasteiger partial charge >= 0.3 is 0 Å². The highest BCUT2D eigenvalue weighted by atomic mass is 35.5. The maximum Gasteiger partial charge on any atom is 0.285 e. The number of amides is 1. The number of rotatable bonds is 8. The number of benzene rings is 3. The lowest BCUT2D eigenvalue weighted by molar-refractivity contribution is 0.1000. The molecule has 0 aliphatic carbocycles. The van der Waals surface area contributed by atoms with Crippen LogP contribution in [0.5, 0.6) is 0 Å². The van der Waals surface area contributed by atoms with Crippen LogP contribution in [0.1, 0.15) is 27.4 Å². The van der Waals surface area contributed by atoms with Crippen LogP contribution < -0.4 is 16.2 Å². The Labute approximate surface area is 231 Å². The van der Waals surface area contributed by atoms with Gasteiger partial charge in [-0.3, -0.25) is 4.79 Å². The zero-order valence-corrected chi connectivity index (χ0v) is 22.8. The molecule has 1 atom stereocenters. The van der Waals surface area contributed by atoms with E-state index in [2.05, 4.69) is 14.8 Å². The molecule has 39 heavy (non-hydrogen) atoms. The van der Waals surface area contributed by atoms with Crippen molar-refractivity contribution in [2.45, 2.75) is 10.8 Å². The fourth-order valence-electron chi connectivity index (χ4n) is 3.90. The van der Waals surface area contributed by atoms with Crippen molar-refractivity contribution >= 4 is 49.2 Å². The van der Waals surface area contributed by atoms with Crippen LogP contribution in [0.2, 0.25) is 5.02 Å². The minimum Gasteiger partial charge on any atom is -0.366 e. The fraction of sp³-hybridized carbons (Fsp3) is 0.160. The molecule has 0 aromatic heterocycles. The summed E-state index contributed by atoms with van der Waals surface area (Å²) in [4.78, 5) is 11.2. The second-order valence-corrected chi connectivity index (χ2v) is 12.4. The van der Waals surface area contributed by atoms with E-state index in [0.29, 0.717) is 10.7 Å². The second kappa shape index (κ2) is 11.5. The Balaban J connectivity index is 1.76. The van der Waals surface area contributed by atoms with E-state index in [1.54, 1.807) is 12.1 Å². The van der Waals surface area contributed by atoms with E-state index in [4.69, 9.17) is 22.5 Å². The third-order valence-electron chi connectivity index (χ3n) is 5.81. The predicted octanol–water partition coefficient (Wildman–Crippen LogP) is 1.87. The largest absolute Gasteiger partial charge is 0.366 e. The average molecular weight is 589 g/mol. The lowest BCUT2D eigenvalue weighted by Gasteiger charge is -2.19. The number of sulfonamides is 2. The zero-order valence-electron chi connectivity index (χ0n) is 20.4. The number of halogens is 1. The summed E-state index contributed by atoms with van der Waals surface area (Å²) in [5.74, 6) is -1.64. The van der Waals surface area contributed by atoms with Gasteiger partial charge in [-0.2, -0.15) is 13.5 Å². The topological polar surface area (TPSA) is 177 Å². The van der Waals surface area contributed by atoms with E-state index in [9.17, 15) is 21.6 Å². The lowest BCUT2D eigenvalue weighted by atomic mass is 9.91. The summed E-state index contributed by atoms with van der Waals surface area (Å²) in [5.41, 5.74) is 7.72. The number of carbonyl (C=O) groups is 1. The fourth-order valence-corrected chi connectivity index (χ4v) is 5.38. The Morgan fingerprint density at radius 3 is 2.23 bits per heavy atom. The van der Waals surface area contributed by atoms with E-state index in [0.717, 1.165) is 11.1 Å². The highest BCUT2D eigenvalue weighted by molar-refractivity contribution is 7.90. The normalized spacial score (nSPS) is 16.2. The van der Waals surface area contributed by atoms with Crippen LogP contribution in [0, 0.1) is 0 Å². The van der Waals surface area contributed by atoms with Crippen LogP contribution in [0.15, 0.2) is 93.3 Å². The van der Waals surface area contributed by atoms with E-state index >= 15 is 0 Å². The van der Waals surface area contributed by atoms with Crippen molar-refractivity contribution in [3.05, 3.63) is 101 Å². The van der Waals surface area contributed by atoms with Crippen molar-refractivity contribution < 1.29 is 21.6 Å². The molecule has 1 amide bonds. The monoisotopic (exact) mass is 588 g/mol. The summed E-state index contributed by atoms with van der Waals surface area (Å²) < 4.78 is 53.4. The van der Waals surface area contributed by atoms with Crippen molar-refractivity contribution in [2.24, 2.45) is 20.4 Å². The summed E-state index contributed by atoms with van der Waals surface area (Å²) in [6, 6.07) is 21.6. The quantitative estimate of drug-likeness (QED) is 0.265. The molecule has 5 N–H and O–H groups in total. The van der Waals surface area contributed by atoms with Gasteiger partial charge in [0.2, 0.25) is 21.9 Å². The van der Waals surface area contributed by atoms with Crippen molar-refractivity contribution in [1.29, 1.82) is 0 Å². The molecule has 0 spiro atoms. The Bertz CT molecular complexity index is 1630. The molecule has 3 aromatic rings. The standard InChI is InChI=1S/C25H25ClN6O5S2/c26-20-10-6-18(7-11-20)23-22(17-4-2-1-3-5-17)16-32(30-23)25(29-14-15-38(28,34)35)31-39(36,37)21-12-8-19(9-13-21)24(27)33/h1-13,22H,14-16H2,(H2,27,33)(H,29,31)(H2,28,34,35)/t22-/m1/s1. The van der Waals surface area contributed by atoms with Crippen molar-refractivity contribution in [1.82, 2.24) is 10.3 Å². The molecule has 204 valence electrons. The summed E-state index contributed by atoms with van der Waals surface area (Å²) >= 11 is 6.07. The maximum atomic E-state index is 13.2. The molecule has 3 aromatic carbocycles. The number of primary amides is 1. The molecular formula is C25H25ClN6O5S2. The van der Waals surface area contributed by atoms with Gasteiger partial charge in [-0.1, -0.05) is 54.1 Å². The molecule has 0 saturated heterocycles. The molecule has 0 bridgehead atoms. The van der Waals surface area contributed by atoms with Gasteiger partial charge in [-0.15, -0.1) is 4.40 Å². The van der Waals surface area contributed by atoms with Crippen molar-refractivity contribution in [3.63, 3.8) is 0 Å². The van der Waals surface area contributed by atoms with Crippen molar-refractivity contribution in [3.8, 4) is 0 Å². The number of nitrogens with one attached hydrogen (secondary N) is 1. The van der Waals surface area contributed by atoms with Gasteiger partial charge in [0.15, 0.2) is 0 Å². The van der Waals surface area contributed by atoms with Gasteiger partial charge in [-0.05, 0) is 47.5 Å². The van der Waals surface area contributed by atoms with Gasteiger partial charge in [0.05, 0.1) is 22.9 Å². The minimum atomic E-state index is -4.31. The predicted molar refractivity (Wildman–Crippen MR) is 149 cm³/mol. The first-order valence-electron chi connectivity index (χ1n) is 11.6. The number of hydrazone groups is 1. The highest BCUT2D eigenvalue weighted by Crippen LogP contribution is 2.29. The number of nitrogens with two attached hydrogens (primary N) is 2. The van der Waals surface area contributed by atoms with Gasteiger partial charge in [0.1, 0.15) is 0 Å². The molecule has 1 aliphatic heterocycles. The van der Waals surface area contributed by atoms with Crippen LogP contribution in [0.25, 0.3) is 0 Å². The molecule has 0 saturated carbocycles. The summed E-state index contributed by atoms with van der Waals surface area (Å²) in [6.07, 6.45) is 0. The maximum absolute atomic E-state index is 13.2. The number of carbonyl (C=O) groups excluding carboxylic acids is 1. The number of nitrogens with zero attached hydrogens (tertiary/aromatic N) is 3. The van der Waals surface area contributed by atoms with E-state index < -0.39 is 31.7 Å². The summed E-state index contributed by atoms with van der Waals surface area (Å²) in [7, 11) is -8.15. The molecule has 0 unspecified atom stereocenters. The van der Waals surface area contributed by atoms with E-state index in [-0.39, 0.29) is 35.4 Å². The molecular weight excluding hydrogens is 564 g/mol. The van der Waals surface area contributed by atoms with E-state index in [1.165, 1.54) is 29.3 Å². The van der Waals surface area contributed by atoms with Gasteiger partial charge in [0.25, 0.3) is 10.0 Å². The minimum absolute atomic E-state index is 0.131. The molecule has 1 aliphatic rings. The number of hydrogen-bond acceptors (Lipinski definition) is 6. The Kier molecular flexibility index (Phi) is 8.35. The molecule has 0 fully saturated rings. The number of hydrogen-bond donors (Lipinski definition) is 3. The summed E-state index contributed by atoms with van der Waals surface area (Å²) in [6.45, 7) is -0.00852. The first-order valence-corrected chi connectivity index (χ1v) is 15.1. The lowest BCUT2D eigenvalue weighted by Crippen LogP contribution is -2.41. The molecule has 14 heteroatoms. The smallest absolute Gasteiger partial charge is 0.285 e. The highest BCUT2D eigenvalue weighted by Gasteiger charge is 2.32. The van der Waals surface area contributed by atoms with Crippen LogP contribution in [-0.2, 0) is 20.0 Å². The number of guanidine groups is 1. The Morgan fingerprint density at radius 2 is 1.64 bits per heavy atom. The Hall–Kier alpha value is -3.78. The SMILES string of the molecule is NC(=O)c1ccc(S(=O)(=O)/N=C(/NCCS(N)(=O)=O)N2C[C@H](c3ccccc3)C(c3ccc(Cl)cc3)=N2)cc1. The first-order chi connectivity index (χ1) is 18.4. The second-order valence-electron chi connectivity index (χ2n) is 8.61. The van der Waals surface area contributed by atoms with Gasteiger partial charge < -0.3 is 11.1 Å². The number of primary sulfonamides is 1. The third kappa shape index (κ3) is 7.20. The van der Waals surface area contributed by atoms with Gasteiger partial charge in [-0.25, -0.2) is 18.6 Å². The van der Waals surface area contributed by atoms with Gasteiger partial charge in [0, 0.05) is 23.0 Å². The molecule has 0 radical (unpaired) electrons. The van der Waals surface area contributed by atoms with Crippen LogP contribution in [0.3, 0.4) is 0 Å². The van der Waals surface area contributed by atoms with Crippen LogP contribution in [0.4, 0.5) is 0 Å². The van der Waals surface area contributed by atoms with Crippen molar-refractivity contribution in [2.75, 3.05) is 18.8 Å².